The fourth-order valence-electron chi connectivity index (χ4n) is 1.86. The first-order chi connectivity index (χ1) is 9.76. The first-order valence-corrected chi connectivity index (χ1v) is 8.58. The predicted octanol–water partition coefficient (Wildman–Crippen LogP) is 2.39. The lowest BCUT2D eigenvalue weighted by Gasteiger charge is -2.23. The van der Waals surface area contributed by atoms with Crippen LogP contribution in [0, 0.1) is 0 Å². The van der Waals surface area contributed by atoms with Crippen LogP contribution in [0.1, 0.15) is 26.3 Å². The Kier molecular flexibility index (Phi) is 6.64. The van der Waals surface area contributed by atoms with E-state index in [0.717, 1.165) is 5.56 Å². The maximum Gasteiger partial charge on any atom is 0.235 e. The quantitative estimate of drug-likeness (QED) is 0.748. The lowest BCUT2D eigenvalue weighted by atomic mass is 9.86. The number of para-hydroxylation sites is 1. The summed E-state index contributed by atoms with van der Waals surface area (Å²) in [4.78, 5) is 0. The summed E-state index contributed by atoms with van der Waals surface area (Å²) in [5.74, 6) is -0.0742. The third-order valence-electron chi connectivity index (χ3n) is 2.93. The van der Waals surface area contributed by atoms with Crippen molar-refractivity contribution in [3.8, 4) is 0 Å². The third kappa shape index (κ3) is 6.46. The number of methoxy groups -OCH3 is 1. The number of hydrogen-bond donors (Lipinski definition) is 1. The van der Waals surface area contributed by atoms with Crippen molar-refractivity contribution in [3.63, 3.8) is 0 Å². The van der Waals surface area contributed by atoms with Crippen LogP contribution in [-0.2, 0) is 24.9 Å². The largest absolute Gasteiger partial charge is 0.382 e. The Labute approximate surface area is 127 Å². The lowest BCUT2D eigenvalue weighted by molar-refractivity contribution is 0.0785. The van der Waals surface area contributed by atoms with Crippen molar-refractivity contribution in [3.05, 3.63) is 29.8 Å². The van der Waals surface area contributed by atoms with Gasteiger partial charge in [-0.3, -0.25) is 4.72 Å². The van der Waals surface area contributed by atoms with E-state index >= 15 is 0 Å². The van der Waals surface area contributed by atoms with Crippen LogP contribution in [0.25, 0.3) is 0 Å². The first kappa shape index (κ1) is 17.9. The predicted molar refractivity (Wildman–Crippen MR) is 85.2 cm³/mol. The van der Waals surface area contributed by atoms with Crippen LogP contribution in [0.2, 0.25) is 0 Å². The third-order valence-corrected chi connectivity index (χ3v) is 4.16. The molecule has 6 heteroatoms. The summed E-state index contributed by atoms with van der Waals surface area (Å²) in [6, 6.07) is 7.45. The molecule has 5 nitrogen and oxygen atoms in total. The van der Waals surface area contributed by atoms with E-state index in [1.54, 1.807) is 13.2 Å². The summed E-state index contributed by atoms with van der Waals surface area (Å²) in [6.07, 6.45) is 0. The van der Waals surface area contributed by atoms with Gasteiger partial charge in [0.05, 0.1) is 31.3 Å². The van der Waals surface area contributed by atoms with E-state index in [0.29, 0.717) is 18.9 Å². The molecule has 0 aliphatic carbocycles. The minimum absolute atomic E-state index is 0.0742. The van der Waals surface area contributed by atoms with Crippen molar-refractivity contribution in [1.82, 2.24) is 0 Å². The number of benzene rings is 1. The van der Waals surface area contributed by atoms with Gasteiger partial charge in [0, 0.05) is 7.11 Å². The first-order valence-electron chi connectivity index (χ1n) is 6.93. The van der Waals surface area contributed by atoms with E-state index in [-0.39, 0.29) is 17.8 Å². The molecule has 0 saturated carbocycles. The number of ether oxygens (including phenoxy) is 2. The van der Waals surface area contributed by atoms with E-state index in [4.69, 9.17) is 9.47 Å². The molecule has 1 N–H and O–H groups in total. The molecule has 0 spiro atoms. The van der Waals surface area contributed by atoms with Crippen molar-refractivity contribution in [1.29, 1.82) is 0 Å². The lowest BCUT2D eigenvalue weighted by Crippen LogP contribution is -2.23. The highest BCUT2D eigenvalue weighted by atomic mass is 32.2. The Bertz CT molecular complexity index is 535. The molecule has 120 valence electrons. The summed E-state index contributed by atoms with van der Waals surface area (Å²) >= 11 is 0. The Morgan fingerprint density at radius 3 is 2.38 bits per heavy atom. The molecule has 21 heavy (non-hydrogen) atoms. The second-order valence-electron chi connectivity index (χ2n) is 5.82. The highest BCUT2D eigenvalue weighted by molar-refractivity contribution is 7.92. The number of sulfonamides is 1. The van der Waals surface area contributed by atoms with Crippen LogP contribution in [0.5, 0.6) is 0 Å². The van der Waals surface area contributed by atoms with E-state index < -0.39 is 10.0 Å². The molecule has 1 aromatic carbocycles. The second-order valence-corrected chi connectivity index (χ2v) is 7.66. The Hall–Kier alpha value is -1.11. The van der Waals surface area contributed by atoms with Crippen molar-refractivity contribution in [2.75, 3.05) is 37.4 Å². The molecule has 0 aromatic heterocycles. The summed E-state index contributed by atoms with van der Waals surface area (Å²) in [5, 5.41) is 0. The summed E-state index contributed by atoms with van der Waals surface area (Å²) in [7, 11) is -1.85. The monoisotopic (exact) mass is 315 g/mol. The zero-order chi connectivity index (χ0) is 15.9. The molecular formula is C15H25NO4S. The molecule has 0 fully saturated rings. The normalized spacial score (nSPS) is 12.4. The molecule has 0 amide bonds. The van der Waals surface area contributed by atoms with Crippen molar-refractivity contribution in [2.24, 2.45) is 0 Å². The van der Waals surface area contributed by atoms with Gasteiger partial charge in [-0.15, -0.1) is 0 Å². The molecular weight excluding hydrogens is 290 g/mol. The Morgan fingerprint density at radius 1 is 1.10 bits per heavy atom. The standard InChI is InChI=1S/C15H25NO4S/c1-15(2,3)13-7-5-6-8-14(13)16-21(17,18)12-11-20-10-9-19-4/h5-8,16H,9-12H2,1-4H3. The molecule has 0 aliphatic heterocycles. The number of anilines is 1. The zero-order valence-electron chi connectivity index (χ0n) is 13.2. The van der Waals surface area contributed by atoms with Crippen molar-refractivity contribution in [2.45, 2.75) is 26.2 Å². The van der Waals surface area contributed by atoms with Crippen LogP contribution in [-0.4, -0.2) is 41.1 Å². The van der Waals surface area contributed by atoms with Crippen LogP contribution >= 0.6 is 0 Å². The van der Waals surface area contributed by atoms with Crippen molar-refractivity contribution >= 4 is 15.7 Å². The SMILES string of the molecule is COCCOCCS(=O)(=O)Nc1ccccc1C(C)(C)C. The van der Waals surface area contributed by atoms with E-state index in [1.807, 2.05) is 39.0 Å². The molecule has 0 bridgehead atoms. The fourth-order valence-corrected chi connectivity index (χ4v) is 2.81. The Balaban J connectivity index is 2.68. The van der Waals surface area contributed by atoms with E-state index in [9.17, 15) is 8.42 Å². The van der Waals surface area contributed by atoms with E-state index in [1.165, 1.54) is 0 Å². The molecule has 0 radical (unpaired) electrons. The van der Waals surface area contributed by atoms with Gasteiger partial charge in [-0.25, -0.2) is 8.42 Å². The number of hydrogen-bond acceptors (Lipinski definition) is 4. The van der Waals surface area contributed by atoms with Gasteiger partial charge in [-0.2, -0.15) is 0 Å². The van der Waals surface area contributed by atoms with Crippen LogP contribution in [0.4, 0.5) is 5.69 Å². The van der Waals surface area contributed by atoms with E-state index in [2.05, 4.69) is 4.72 Å². The summed E-state index contributed by atoms with van der Waals surface area (Å²) in [5.41, 5.74) is 1.46. The highest BCUT2D eigenvalue weighted by Crippen LogP contribution is 2.29. The molecule has 1 aromatic rings. The fraction of sp³-hybridized carbons (Fsp3) is 0.600. The average Bonchev–Trinajstić information content (AvgIpc) is 2.37. The summed E-state index contributed by atoms with van der Waals surface area (Å²) < 4.78 is 36.9. The topological polar surface area (TPSA) is 64.6 Å². The van der Waals surface area contributed by atoms with Gasteiger partial charge in [0.1, 0.15) is 0 Å². The molecule has 0 saturated heterocycles. The smallest absolute Gasteiger partial charge is 0.235 e. The highest BCUT2D eigenvalue weighted by Gasteiger charge is 2.20. The van der Waals surface area contributed by atoms with Gasteiger partial charge >= 0.3 is 0 Å². The molecule has 0 atom stereocenters. The van der Waals surface area contributed by atoms with Gasteiger partial charge in [-0.05, 0) is 17.0 Å². The van der Waals surface area contributed by atoms with Crippen LogP contribution in [0.3, 0.4) is 0 Å². The van der Waals surface area contributed by atoms with Gasteiger partial charge < -0.3 is 9.47 Å². The van der Waals surface area contributed by atoms with Gasteiger partial charge in [-0.1, -0.05) is 39.0 Å². The maximum absolute atomic E-state index is 12.1. The number of nitrogens with one attached hydrogen (secondary N) is 1. The molecule has 0 unspecified atom stereocenters. The Morgan fingerprint density at radius 2 is 1.76 bits per heavy atom. The average molecular weight is 315 g/mol. The summed E-state index contributed by atoms with van der Waals surface area (Å²) in [6.45, 7) is 7.15. The number of rotatable bonds is 8. The second kappa shape index (κ2) is 7.77. The zero-order valence-corrected chi connectivity index (χ0v) is 14.0. The van der Waals surface area contributed by atoms with Crippen molar-refractivity contribution < 1.29 is 17.9 Å². The van der Waals surface area contributed by atoms with Gasteiger partial charge in [0.2, 0.25) is 10.0 Å². The minimum Gasteiger partial charge on any atom is -0.382 e. The molecule has 1 rings (SSSR count). The van der Waals surface area contributed by atoms with Gasteiger partial charge in [0.25, 0.3) is 0 Å². The van der Waals surface area contributed by atoms with Crippen LogP contribution < -0.4 is 4.72 Å². The minimum atomic E-state index is -3.42. The molecule has 0 heterocycles. The van der Waals surface area contributed by atoms with Crippen LogP contribution in [0.15, 0.2) is 24.3 Å². The van der Waals surface area contributed by atoms with Gasteiger partial charge in [0.15, 0.2) is 0 Å². The maximum atomic E-state index is 12.1. The molecule has 0 aliphatic rings.